The van der Waals surface area contributed by atoms with E-state index >= 15 is 0 Å². The molecule has 16 heavy (non-hydrogen) atoms. The minimum absolute atomic E-state index is 0. The second kappa shape index (κ2) is 38.0. The monoisotopic (exact) mass is 851 g/mol. The summed E-state index contributed by atoms with van der Waals surface area (Å²) < 4.78 is 77.2. The maximum absolute atomic E-state index is 8.58. The predicted molar refractivity (Wildman–Crippen MR) is 19.1 cm³/mol. The molecule has 2 radical (unpaired) electrons. The van der Waals surface area contributed by atoms with Gasteiger partial charge >= 0.3 is 267 Å². The van der Waals surface area contributed by atoms with Crippen molar-refractivity contribution in [3.63, 3.8) is 0 Å². The van der Waals surface area contributed by atoms with Crippen LogP contribution in [0.15, 0.2) is 0 Å². The summed E-state index contributed by atoms with van der Waals surface area (Å²) in [5.41, 5.74) is 0. The molecular weight excluding hydrogens is 851 g/mol. The van der Waals surface area contributed by atoms with Gasteiger partial charge in [0.2, 0.25) is 0 Å². The van der Waals surface area contributed by atoms with E-state index < -0.39 is 55.8 Å². The fourth-order valence-corrected chi connectivity index (χ4v) is 0. The van der Waals surface area contributed by atoms with Crippen molar-refractivity contribution in [2.24, 2.45) is 0 Å². The van der Waals surface area contributed by atoms with E-state index in [1.165, 1.54) is 0 Å². The molecule has 0 aromatic rings. The SMILES string of the molecule is [BaH2].[BaH2].[Nd+3].[Nd+3].[O]=[Ti]([O-])[O-].[O]=[Ti]([O-])[O-].[O]=[Ti]([O-])[O-]. The van der Waals surface area contributed by atoms with Crippen LogP contribution in [-0.4, -0.2) is 97.8 Å². The van der Waals surface area contributed by atoms with Crippen LogP contribution < -0.4 is 22.1 Å². The molecule has 0 saturated carbocycles. The average Bonchev–Trinajstić information content (AvgIpc) is 1.54. The summed E-state index contributed by atoms with van der Waals surface area (Å²) in [4.78, 5) is 0. The van der Waals surface area contributed by atoms with E-state index in [9.17, 15) is 0 Å². The van der Waals surface area contributed by atoms with Crippen LogP contribution in [0, 0.1) is 81.7 Å². The molecule has 0 amide bonds. The van der Waals surface area contributed by atoms with Gasteiger partial charge in [0.1, 0.15) is 0 Å². The first kappa shape index (κ1) is 43.5. The Kier molecular flexibility index (Phi) is 103. The number of hydrogen-bond donors (Lipinski definition) is 0. The normalized spacial score (nSPS) is 4.88. The minimum atomic E-state index is -4.08. The first-order chi connectivity index (χ1) is 5.20. The fourth-order valence-electron chi connectivity index (χ4n) is 0. The Bertz CT molecular complexity index is 124. The van der Waals surface area contributed by atoms with Crippen LogP contribution in [0.4, 0.5) is 0 Å². The average molecular weight is 855 g/mol. The Labute approximate surface area is 258 Å². The Balaban J connectivity index is -0.0000000135. The van der Waals surface area contributed by atoms with E-state index in [2.05, 4.69) is 0 Å². The van der Waals surface area contributed by atoms with Gasteiger partial charge in [-0.3, -0.25) is 0 Å². The van der Waals surface area contributed by atoms with Gasteiger partial charge < -0.3 is 0 Å². The van der Waals surface area contributed by atoms with Crippen LogP contribution in [0.1, 0.15) is 0 Å². The second-order valence-corrected chi connectivity index (χ2v) is 3.09. The van der Waals surface area contributed by atoms with Crippen molar-refractivity contribution in [3.8, 4) is 0 Å². The van der Waals surface area contributed by atoms with Crippen molar-refractivity contribution in [2.45, 2.75) is 0 Å². The van der Waals surface area contributed by atoms with Crippen molar-refractivity contribution in [1.82, 2.24) is 0 Å². The van der Waals surface area contributed by atoms with Gasteiger partial charge in [0.25, 0.3) is 0 Å². The topological polar surface area (TPSA) is 190 Å². The van der Waals surface area contributed by atoms with E-state index in [1.807, 2.05) is 0 Å². The molecule has 0 heterocycles. The first-order valence-electron chi connectivity index (χ1n) is 1.84. The van der Waals surface area contributed by atoms with Crippen LogP contribution in [0.3, 0.4) is 0 Å². The predicted octanol–water partition coefficient (Wildman–Crippen LogP) is -9.33. The quantitative estimate of drug-likeness (QED) is 0.213. The zero-order valence-corrected chi connectivity index (χ0v) is 17.3. The van der Waals surface area contributed by atoms with Gasteiger partial charge in [0.05, 0.1) is 0 Å². The standard InChI is InChI=1S/2Ba.2Nd.9O.3Ti.4H/q;;2*+3;;;;6*-1;;;;;;;. The van der Waals surface area contributed by atoms with Crippen LogP contribution in [-0.2, 0) is 65.8 Å². The van der Waals surface area contributed by atoms with Gasteiger partial charge in [0.15, 0.2) is 0 Å². The van der Waals surface area contributed by atoms with Crippen molar-refractivity contribution >= 4 is 97.8 Å². The molecule has 0 aromatic heterocycles. The van der Waals surface area contributed by atoms with E-state index in [1.54, 1.807) is 0 Å². The summed E-state index contributed by atoms with van der Waals surface area (Å²) in [7, 11) is 0. The van der Waals surface area contributed by atoms with Gasteiger partial charge in [-0.15, -0.1) is 0 Å². The van der Waals surface area contributed by atoms with Gasteiger partial charge in [-0.1, -0.05) is 0 Å². The van der Waals surface area contributed by atoms with Crippen LogP contribution in [0.2, 0.25) is 0 Å². The number of rotatable bonds is 0. The molecule has 0 N–H and O–H groups in total. The summed E-state index contributed by atoms with van der Waals surface area (Å²) in [6.07, 6.45) is 0. The van der Waals surface area contributed by atoms with E-state index in [0.29, 0.717) is 0 Å². The molecule has 0 aliphatic carbocycles. The third kappa shape index (κ3) is 168. The molecule has 0 unspecified atom stereocenters. The Morgan fingerprint density at radius 3 is 0.500 bits per heavy atom. The Morgan fingerprint density at radius 1 is 0.500 bits per heavy atom. The van der Waals surface area contributed by atoms with E-state index in [0.717, 1.165) is 0 Å². The van der Waals surface area contributed by atoms with Crippen molar-refractivity contribution in [3.05, 3.63) is 0 Å². The van der Waals surface area contributed by atoms with Crippen molar-refractivity contribution in [1.29, 1.82) is 0 Å². The molecule has 0 aliphatic heterocycles. The van der Waals surface area contributed by atoms with Gasteiger partial charge in [-0.25, -0.2) is 0 Å². The first-order valence-corrected chi connectivity index (χ1v) is 7.57. The van der Waals surface area contributed by atoms with Gasteiger partial charge in [0, 0.05) is 0 Å². The number of hydrogen-bond acceptors (Lipinski definition) is 9. The second-order valence-electron chi connectivity index (χ2n) is 0.750. The Morgan fingerprint density at radius 2 is 0.500 bits per heavy atom. The van der Waals surface area contributed by atoms with Crippen LogP contribution in [0.5, 0.6) is 0 Å². The summed E-state index contributed by atoms with van der Waals surface area (Å²) in [5, 5.41) is 0. The van der Waals surface area contributed by atoms with Crippen LogP contribution >= 0.6 is 0 Å². The molecule has 0 atom stereocenters. The fraction of sp³-hybridized carbons (Fsp3) is 0. The molecule has 16 heteroatoms. The molecule has 0 aromatic carbocycles. The van der Waals surface area contributed by atoms with Crippen molar-refractivity contribution in [2.75, 3.05) is 0 Å². The third-order valence-electron chi connectivity index (χ3n) is 0. The zero-order valence-electron chi connectivity index (χ0n) is 6.17. The molecule has 82 valence electrons. The van der Waals surface area contributed by atoms with E-state index in [-0.39, 0.29) is 179 Å². The molecule has 0 spiro atoms. The zero-order chi connectivity index (χ0) is 10.7. The molecule has 0 saturated heterocycles. The molecule has 0 aliphatic rings. The van der Waals surface area contributed by atoms with Gasteiger partial charge in [-0.2, -0.15) is 0 Å². The third-order valence-corrected chi connectivity index (χ3v) is 0. The van der Waals surface area contributed by atoms with Crippen molar-refractivity contribution < 1.29 is 170 Å². The Hall–Kier alpha value is 7.15. The molecule has 9 nitrogen and oxygen atoms in total. The summed E-state index contributed by atoms with van der Waals surface area (Å²) in [6, 6.07) is 0. The summed E-state index contributed by atoms with van der Waals surface area (Å²) >= 11 is -12.2. The summed E-state index contributed by atoms with van der Waals surface area (Å²) in [6.45, 7) is 0. The van der Waals surface area contributed by atoms with E-state index in [4.69, 9.17) is 32.1 Å². The maximum atomic E-state index is 8.58. The molecule has 0 bridgehead atoms. The molecule has 0 rings (SSSR count). The van der Waals surface area contributed by atoms with Gasteiger partial charge in [-0.05, 0) is 0 Å². The molecular formula is H4Ba2Nd2O9Ti3. The molecule has 0 fully saturated rings. The summed E-state index contributed by atoms with van der Waals surface area (Å²) in [5.74, 6) is 0. The van der Waals surface area contributed by atoms with Crippen LogP contribution in [0.25, 0.3) is 0 Å².